The molecule has 0 aliphatic carbocycles. The maximum Gasteiger partial charge on any atom is 0.0593 e. The van der Waals surface area contributed by atoms with Crippen LogP contribution in [-0.2, 0) is 4.74 Å². The van der Waals surface area contributed by atoms with Gasteiger partial charge in [-0.05, 0) is 31.3 Å². The van der Waals surface area contributed by atoms with E-state index in [1.165, 1.54) is 32.5 Å². The molecule has 0 aromatic carbocycles. The van der Waals surface area contributed by atoms with Gasteiger partial charge >= 0.3 is 0 Å². The van der Waals surface area contributed by atoms with Crippen LogP contribution in [0.4, 0.5) is 0 Å². The first-order valence-corrected chi connectivity index (χ1v) is 7.67. The fraction of sp³-hybridized carbons (Fsp3) is 1.00. The molecule has 3 nitrogen and oxygen atoms in total. The minimum Gasteiger partial charge on any atom is -0.380 e. The van der Waals surface area contributed by atoms with Crippen molar-refractivity contribution in [3.05, 3.63) is 0 Å². The van der Waals surface area contributed by atoms with Crippen molar-refractivity contribution in [2.75, 3.05) is 39.4 Å². The van der Waals surface area contributed by atoms with Crippen LogP contribution in [0.1, 0.15) is 40.5 Å². The van der Waals surface area contributed by atoms with Crippen LogP contribution < -0.4 is 5.32 Å². The second-order valence-electron chi connectivity index (χ2n) is 6.07. The summed E-state index contributed by atoms with van der Waals surface area (Å²) in [5.74, 6) is 1.41. The Morgan fingerprint density at radius 3 is 2.78 bits per heavy atom. The average molecular weight is 256 g/mol. The van der Waals surface area contributed by atoms with Crippen molar-refractivity contribution in [2.45, 2.75) is 46.6 Å². The van der Waals surface area contributed by atoms with E-state index in [2.05, 4.69) is 37.9 Å². The molecule has 0 spiro atoms. The van der Waals surface area contributed by atoms with Crippen LogP contribution in [0.5, 0.6) is 0 Å². The Bertz CT molecular complexity index is 209. The Morgan fingerprint density at radius 1 is 1.33 bits per heavy atom. The lowest BCUT2D eigenvalue weighted by Crippen LogP contribution is -2.42. The topological polar surface area (TPSA) is 24.5 Å². The van der Waals surface area contributed by atoms with E-state index < -0.39 is 0 Å². The Morgan fingerprint density at radius 2 is 2.11 bits per heavy atom. The summed E-state index contributed by atoms with van der Waals surface area (Å²) >= 11 is 0. The van der Waals surface area contributed by atoms with Gasteiger partial charge in [-0.1, -0.05) is 34.1 Å². The van der Waals surface area contributed by atoms with Crippen molar-refractivity contribution < 1.29 is 4.74 Å². The lowest BCUT2D eigenvalue weighted by molar-refractivity contribution is 0.0832. The van der Waals surface area contributed by atoms with Crippen LogP contribution in [0.15, 0.2) is 0 Å². The fourth-order valence-electron chi connectivity index (χ4n) is 2.41. The number of hydrogen-bond acceptors (Lipinski definition) is 3. The molecule has 1 rings (SSSR count). The quantitative estimate of drug-likeness (QED) is 0.708. The molecule has 0 aromatic heterocycles. The van der Waals surface area contributed by atoms with Crippen molar-refractivity contribution in [1.82, 2.24) is 10.2 Å². The first-order chi connectivity index (χ1) is 8.63. The zero-order valence-electron chi connectivity index (χ0n) is 12.7. The first-order valence-electron chi connectivity index (χ1n) is 7.67. The van der Waals surface area contributed by atoms with Crippen LogP contribution in [0.2, 0.25) is 0 Å². The largest absolute Gasteiger partial charge is 0.380 e. The molecular weight excluding hydrogens is 224 g/mol. The van der Waals surface area contributed by atoms with Crippen molar-refractivity contribution in [3.8, 4) is 0 Å². The third-order valence-corrected chi connectivity index (χ3v) is 3.85. The molecule has 1 aliphatic rings. The van der Waals surface area contributed by atoms with Crippen molar-refractivity contribution in [1.29, 1.82) is 0 Å². The van der Waals surface area contributed by atoms with Gasteiger partial charge in [0.15, 0.2) is 0 Å². The van der Waals surface area contributed by atoms with Gasteiger partial charge in [0.1, 0.15) is 0 Å². The first kappa shape index (κ1) is 15.9. The summed E-state index contributed by atoms with van der Waals surface area (Å²) in [5, 5.41) is 3.69. The van der Waals surface area contributed by atoms with Gasteiger partial charge in [-0.2, -0.15) is 0 Å². The molecule has 3 heteroatoms. The van der Waals surface area contributed by atoms with Crippen molar-refractivity contribution >= 4 is 0 Å². The van der Waals surface area contributed by atoms with E-state index in [1.54, 1.807) is 0 Å². The molecule has 18 heavy (non-hydrogen) atoms. The fourth-order valence-corrected chi connectivity index (χ4v) is 2.41. The summed E-state index contributed by atoms with van der Waals surface area (Å²) in [6, 6.07) is 0.655. The van der Waals surface area contributed by atoms with E-state index in [4.69, 9.17) is 4.74 Å². The third-order valence-electron chi connectivity index (χ3n) is 3.85. The normalized spacial score (nSPS) is 24.2. The lowest BCUT2D eigenvalue weighted by atomic mass is 9.99. The summed E-state index contributed by atoms with van der Waals surface area (Å²) in [7, 11) is 0. The molecule has 0 amide bonds. The van der Waals surface area contributed by atoms with Crippen LogP contribution in [0, 0.1) is 11.8 Å². The minimum absolute atomic E-state index is 0.642. The molecule has 1 heterocycles. The second kappa shape index (κ2) is 8.89. The molecule has 108 valence electrons. The molecule has 1 fully saturated rings. The molecule has 1 aliphatic heterocycles. The smallest absolute Gasteiger partial charge is 0.0593 e. The number of rotatable bonds is 7. The zero-order chi connectivity index (χ0) is 13.4. The second-order valence-corrected chi connectivity index (χ2v) is 6.07. The van der Waals surface area contributed by atoms with E-state index in [-0.39, 0.29) is 0 Å². The van der Waals surface area contributed by atoms with Gasteiger partial charge < -0.3 is 10.1 Å². The van der Waals surface area contributed by atoms with Crippen LogP contribution in [0.25, 0.3) is 0 Å². The van der Waals surface area contributed by atoms with Crippen LogP contribution in [-0.4, -0.2) is 50.3 Å². The maximum atomic E-state index is 5.70. The van der Waals surface area contributed by atoms with Gasteiger partial charge in [0.2, 0.25) is 0 Å². The molecule has 0 radical (unpaired) electrons. The van der Waals surface area contributed by atoms with Gasteiger partial charge in [0.05, 0.1) is 6.61 Å². The van der Waals surface area contributed by atoms with Gasteiger partial charge in [0, 0.05) is 25.7 Å². The Balaban J connectivity index is 2.26. The summed E-state index contributed by atoms with van der Waals surface area (Å²) in [5.41, 5.74) is 0. The third kappa shape index (κ3) is 6.17. The molecule has 0 bridgehead atoms. The molecule has 2 unspecified atom stereocenters. The summed E-state index contributed by atoms with van der Waals surface area (Å²) in [6.45, 7) is 15.5. The molecule has 2 atom stereocenters. The number of nitrogens with zero attached hydrogens (tertiary/aromatic N) is 1. The van der Waals surface area contributed by atoms with Crippen molar-refractivity contribution in [3.63, 3.8) is 0 Å². The van der Waals surface area contributed by atoms with Gasteiger partial charge in [-0.3, -0.25) is 4.90 Å². The highest BCUT2D eigenvalue weighted by Gasteiger charge is 2.21. The molecule has 0 aromatic rings. The van der Waals surface area contributed by atoms with E-state index in [0.717, 1.165) is 25.7 Å². The standard InChI is InChI=1S/C15H32N2O/c1-5-14(4)15-11-17(8-6-7-16-15)9-10-18-12-13(2)3/h13-16H,5-12H2,1-4H3. The van der Waals surface area contributed by atoms with Gasteiger partial charge in [0.25, 0.3) is 0 Å². The van der Waals surface area contributed by atoms with Crippen molar-refractivity contribution in [2.24, 2.45) is 11.8 Å². The number of nitrogens with one attached hydrogen (secondary N) is 1. The monoisotopic (exact) mass is 256 g/mol. The van der Waals surface area contributed by atoms with Gasteiger partial charge in [-0.25, -0.2) is 0 Å². The Hall–Kier alpha value is -0.120. The molecule has 0 saturated carbocycles. The van der Waals surface area contributed by atoms with E-state index in [9.17, 15) is 0 Å². The van der Waals surface area contributed by atoms with E-state index in [1.807, 2.05) is 0 Å². The number of hydrogen-bond donors (Lipinski definition) is 1. The number of ether oxygens (including phenoxy) is 1. The summed E-state index contributed by atoms with van der Waals surface area (Å²) in [4.78, 5) is 2.57. The van der Waals surface area contributed by atoms with Gasteiger partial charge in [-0.15, -0.1) is 0 Å². The molecule has 1 N–H and O–H groups in total. The minimum atomic E-state index is 0.642. The SMILES string of the molecule is CCC(C)C1CN(CCOCC(C)C)CCCN1. The maximum absolute atomic E-state index is 5.70. The predicted molar refractivity (Wildman–Crippen MR) is 78.0 cm³/mol. The highest BCUT2D eigenvalue weighted by molar-refractivity contribution is 4.80. The Kier molecular flexibility index (Phi) is 7.87. The Labute approximate surface area is 113 Å². The van der Waals surface area contributed by atoms with Crippen LogP contribution >= 0.6 is 0 Å². The highest BCUT2D eigenvalue weighted by Crippen LogP contribution is 2.12. The molecule has 1 saturated heterocycles. The lowest BCUT2D eigenvalue weighted by Gasteiger charge is -2.28. The zero-order valence-corrected chi connectivity index (χ0v) is 12.7. The average Bonchev–Trinajstić information content (AvgIpc) is 2.59. The predicted octanol–water partition coefficient (Wildman–Crippen LogP) is 2.37. The van der Waals surface area contributed by atoms with Crippen LogP contribution in [0.3, 0.4) is 0 Å². The highest BCUT2D eigenvalue weighted by atomic mass is 16.5. The molecular formula is C15H32N2O. The summed E-state index contributed by atoms with van der Waals surface area (Å²) in [6.07, 6.45) is 2.52. The summed E-state index contributed by atoms with van der Waals surface area (Å²) < 4.78 is 5.70. The van der Waals surface area contributed by atoms with E-state index in [0.29, 0.717) is 12.0 Å². The van der Waals surface area contributed by atoms with E-state index >= 15 is 0 Å².